The van der Waals surface area contributed by atoms with Gasteiger partial charge >= 0.3 is 0 Å². The van der Waals surface area contributed by atoms with Gasteiger partial charge in [0.15, 0.2) is 0 Å². The van der Waals surface area contributed by atoms with Gasteiger partial charge in [0.2, 0.25) is 0 Å². The van der Waals surface area contributed by atoms with Gasteiger partial charge in [0.25, 0.3) is 0 Å². The molecule has 3 heteroatoms. The lowest BCUT2D eigenvalue weighted by Crippen LogP contribution is -2.29. The maximum Gasteiger partial charge on any atom is 0.133 e. The van der Waals surface area contributed by atoms with E-state index in [0.717, 1.165) is 19.4 Å². The van der Waals surface area contributed by atoms with Crippen molar-refractivity contribution in [3.8, 4) is 0 Å². The zero-order valence-corrected chi connectivity index (χ0v) is 6.71. The number of aliphatic imine (C=N–C) groups is 2. The molecule has 0 aromatic heterocycles. The van der Waals surface area contributed by atoms with Crippen molar-refractivity contribution in [1.29, 1.82) is 0 Å². The summed E-state index contributed by atoms with van der Waals surface area (Å²) in [6.45, 7) is 3.56. The molecule has 2 rings (SSSR count). The molecule has 60 valence electrons. The summed E-state index contributed by atoms with van der Waals surface area (Å²) in [6, 6.07) is 0. The molecule has 1 saturated heterocycles. The Bertz CT molecular complexity index is 220. The van der Waals surface area contributed by atoms with Crippen LogP contribution in [0.25, 0.3) is 0 Å². The van der Waals surface area contributed by atoms with E-state index in [-0.39, 0.29) is 6.10 Å². The van der Waals surface area contributed by atoms with Gasteiger partial charge in [-0.25, -0.2) is 0 Å². The normalized spacial score (nSPS) is 29.4. The molecule has 1 unspecified atom stereocenters. The molecule has 0 saturated carbocycles. The number of rotatable bonds is 1. The van der Waals surface area contributed by atoms with E-state index in [1.54, 1.807) is 0 Å². The van der Waals surface area contributed by atoms with E-state index >= 15 is 0 Å². The van der Waals surface area contributed by atoms with Gasteiger partial charge in [-0.15, -0.1) is 0 Å². The van der Waals surface area contributed by atoms with Crippen LogP contribution < -0.4 is 0 Å². The molecule has 0 N–H and O–H groups in total. The fourth-order valence-corrected chi connectivity index (χ4v) is 1.56. The molecular formula is C8H12N2O. The maximum absolute atomic E-state index is 5.50. The summed E-state index contributed by atoms with van der Waals surface area (Å²) in [4.78, 5) is 8.59. The quantitative estimate of drug-likeness (QED) is 0.552. The highest BCUT2D eigenvalue weighted by Crippen LogP contribution is 2.16. The highest BCUT2D eigenvalue weighted by molar-refractivity contribution is 6.12. The minimum absolute atomic E-state index is 0.147. The summed E-state index contributed by atoms with van der Waals surface area (Å²) >= 11 is 0. The van der Waals surface area contributed by atoms with Crippen molar-refractivity contribution in [1.82, 2.24) is 0 Å². The smallest absolute Gasteiger partial charge is 0.133 e. The highest BCUT2D eigenvalue weighted by Gasteiger charge is 2.28. The minimum atomic E-state index is 0.147. The molecule has 0 aromatic rings. The van der Waals surface area contributed by atoms with Crippen molar-refractivity contribution < 1.29 is 4.74 Å². The molecule has 0 amide bonds. The Morgan fingerprint density at radius 3 is 3.27 bits per heavy atom. The third-order valence-corrected chi connectivity index (χ3v) is 2.16. The molecule has 2 aliphatic heterocycles. The molecule has 11 heavy (non-hydrogen) atoms. The van der Waals surface area contributed by atoms with Crippen molar-refractivity contribution >= 4 is 11.4 Å². The predicted molar refractivity (Wildman–Crippen MR) is 44.4 cm³/mol. The fraction of sp³-hybridized carbons (Fsp3) is 0.750. The summed E-state index contributed by atoms with van der Waals surface area (Å²) in [5.41, 5.74) is 2.38. The SMILES string of the molecule is CCC1=NCN=C2CCOC12. The van der Waals surface area contributed by atoms with Crippen LogP contribution >= 0.6 is 0 Å². The number of fused-ring (bicyclic) bond motifs is 1. The van der Waals surface area contributed by atoms with Crippen molar-refractivity contribution in [2.75, 3.05) is 13.3 Å². The molecule has 1 atom stereocenters. The first kappa shape index (κ1) is 6.98. The number of hydrogen-bond acceptors (Lipinski definition) is 3. The molecule has 0 spiro atoms. The van der Waals surface area contributed by atoms with Gasteiger partial charge in [0.05, 0.1) is 12.3 Å². The monoisotopic (exact) mass is 152 g/mol. The Labute approximate surface area is 66.2 Å². The average molecular weight is 152 g/mol. The topological polar surface area (TPSA) is 34.0 Å². The lowest BCUT2D eigenvalue weighted by Gasteiger charge is -2.16. The average Bonchev–Trinajstić information content (AvgIpc) is 2.50. The maximum atomic E-state index is 5.50. The first-order valence-electron chi connectivity index (χ1n) is 4.10. The van der Waals surface area contributed by atoms with Crippen LogP contribution in [0.4, 0.5) is 0 Å². The Morgan fingerprint density at radius 2 is 2.45 bits per heavy atom. The second kappa shape index (κ2) is 2.74. The van der Waals surface area contributed by atoms with E-state index in [1.165, 1.54) is 11.4 Å². The van der Waals surface area contributed by atoms with E-state index in [0.29, 0.717) is 6.67 Å². The number of ether oxygens (including phenoxy) is 1. The lowest BCUT2D eigenvalue weighted by molar-refractivity contribution is 0.172. The molecule has 1 fully saturated rings. The van der Waals surface area contributed by atoms with E-state index in [1.807, 2.05) is 0 Å². The van der Waals surface area contributed by atoms with Crippen LogP contribution in [0.2, 0.25) is 0 Å². The Kier molecular flexibility index (Phi) is 1.74. The molecule has 0 radical (unpaired) electrons. The Hall–Kier alpha value is -0.700. The molecule has 3 nitrogen and oxygen atoms in total. The van der Waals surface area contributed by atoms with Crippen LogP contribution in [0.3, 0.4) is 0 Å². The van der Waals surface area contributed by atoms with Crippen LogP contribution in [-0.4, -0.2) is 30.8 Å². The lowest BCUT2D eigenvalue weighted by atomic mass is 10.1. The van der Waals surface area contributed by atoms with Crippen LogP contribution in [0.5, 0.6) is 0 Å². The molecule has 2 aliphatic rings. The third-order valence-electron chi connectivity index (χ3n) is 2.16. The highest BCUT2D eigenvalue weighted by atomic mass is 16.5. The van der Waals surface area contributed by atoms with Crippen LogP contribution in [-0.2, 0) is 4.74 Å². The van der Waals surface area contributed by atoms with Crippen molar-refractivity contribution in [2.24, 2.45) is 9.98 Å². The summed E-state index contributed by atoms with van der Waals surface area (Å²) in [7, 11) is 0. The number of hydrogen-bond donors (Lipinski definition) is 0. The molecule has 2 heterocycles. The van der Waals surface area contributed by atoms with Gasteiger partial charge in [-0.05, 0) is 6.42 Å². The Balaban J connectivity index is 2.20. The van der Waals surface area contributed by atoms with Gasteiger partial charge in [-0.1, -0.05) is 6.92 Å². The fourth-order valence-electron chi connectivity index (χ4n) is 1.56. The molecule has 0 bridgehead atoms. The minimum Gasteiger partial charge on any atom is -0.366 e. The van der Waals surface area contributed by atoms with Crippen molar-refractivity contribution in [3.05, 3.63) is 0 Å². The molecule has 0 aromatic carbocycles. The molecule has 0 aliphatic carbocycles. The van der Waals surface area contributed by atoms with Gasteiger partial charge in [0.1, 0.15) is 12.8 Å². The van der Waals surface area contributed by atoms with Crippen LogP contribution in [0.15, 0.2) is 9.98 Å². The second-order valence-corrected chi connectivity index (χ2v) is 2.79. The van der Waals surface area contributed by atoms with Gasteiger partial charge < -0.3 is 4.74 Å². The van der Waals surface area contributed by atoms with Gasteiger partial charge in [0, 0.05) is 12.1 Å². The van der Waals surface area contributed by atoms with Crippen LogP contribution in [0.1, 0.15) is 19.8 Å². The van der Waals surface area contributed by atoms with Crippen molar-refractivity contribution in [2.45, 2.75) is 25.9 Å². The van der Waals surface area contributed by atoms with E-state index in [9.17, 15) is 0 Å². The predicted octanol–water partition coefficient (Wildman–Crippen LogP) is 1.04. The largest absolute Gasteiger partial charge is 0.366 e. The third kappa shape index (κ3) is 1.09. The first-order valence-corrected chi connectivity index (χ1v) is 4.10. The summed E-state index contributed by atoms with van der Waals surface area (Å²) in [6.07, 6.45) is 2.14. The number of nitrogens with zero attached hydrogens (tertiary/aromatic N) is 2. The van der Waals surface area contributed by atoms with Gasteiger partial charge in [-0.3, -0.25) is 9.98 Å². The first-order chi connectivity index (χ1) is 5.42. The van der Waals surface area contributed by atoms with E-state index < -0.39 is 0 Å². The Morgan fingerprint density at radius 1 is 1.55 bits per heavy atom. The van der Waals surface area contributed by atoms with Crippen molar-refractivity contribution in [3.63, 3.8) is 0 Å². The van der Waals surface area contributed by atoms with E-state index in [4.69, 9.17) is 4.74 Å². The standard InChI is InChI=1S/C8H12N2O/c1-2-6-8-7(3-4-11-8)10-5-9-6/h8H,2-5H2,1H3. The molecular weight excluding hydrogens is 140 g/mol. The second-order valence-electron chi connectivity index (χ2n) is 2.79. The summed E-state index contributed by atoms with van der Waals surface area (Å²) < 4.78 is 5.50. The van der Waals surface area contributed by atoms with Gasteiger partial charge in [-0.2, -0.15) is 0 Å². The summed E-state index contributed by atoms with van der Waals surface area (Å²) in [5.74, 6) is 0. The zero-order chi connectivity index (χ0) is 7.68. The van der Waals surface area contributed by atoms with E-state index in [2.05, 4.69) is 16.9 Å². The summed E-state index contributed by atoms with van der Waals surface area (Å²) in [5, 5.41) is 0. The van der Waals surface area contributed by atoms with Crippen LogP contribution in [0, 0.1) is 0 Å². The zero-order valence-electron chi connectivity index (χ0n) is 6.71.